The Labute approximate surface area is 249 Å². The van der Waals surface area contributed by atoms with Gasteiger partial charge in [0.2, 0.25) is 0 Å². The summed E-state index contributed by atoms with van der Waals surface area (Å²) >= 11 is 1.81. The molecule has 1 saturated heterocycles. The third kappa shape index (κ3) is 6.61. The summed E-state index contributed by atoms with van der Waals surface area (Å²) in [6.45, 7) is 10.2. The number of piperazine rings is 1. The average molecular weight is 577 g/mol. The van der Waals surface area contributed by atoms with E-state index >= 15 is 0 Å². The molecule has 5 rings (SSSR count). The number of hydrogen-bond donors (Lipinski definition) is 0. The molecule has 2 atom stereocenters. The van der Waals surface area contributed by atoms with Crippen molar-refractivity contribution >= 4 is 23.3 Å². The van der Waals surface area contributed by atoms with E-state index in [4.69, 9.17) is 9.47 Å². The molecular formula is C33H44N4O3S. The Bertz CT molecular complexity index is 1280. The summed E-state index contributed by atoms with van der Waals surface area (Å²) in [7, 11) is 5.54. The van der Waals surface area contributed by atoms with Crippen molar-refractivity contribution in [2.24, 2.45) is 0 Å². The molecule has 1 aromatic heterocycles. The minimum atomic E-state index is -0.274. The Morgan fingerprint density at radius 1 is 1.05 bits per heavy atom. The molecule has 0 bridgehead atoms. The van der Waals surface area contributed by atoms with Crippen molar-refractivity contribution in [3.63, 3.8) is 0 Å². The molecule has 0 saturated carbocycles. The summed E-state index contributed by atoms with van der Waals surface area (Å²) in [5, 5.41) is 2.14. The molecule has 1 fully saturated rings. The fraction of sp³-hybridized carbons (Fsp3) is 0.485. The number of aldehydes is 1. The van der Waals surface area contributed by atoms with Gasteiger partial charge in [-0.1, -0.05) is 31.2 Å². The van der Waals surface area contributed by atoms with Crippen LogP contribution in [0.4, 0.5) is 5.69 Å². The van der Waals surface area contributed by atoms with Crippen molar-refractivity contribution in [1.82, 2.24) is 14.7 Å². The van der Waals surface area contributed by atoms with Crippen molar-refractivity contribution < 1.29 is 14.3 Å². The Balaban J connectivity index is 1.40. The smallest absolute Gasteiger partial charge is 0.161 e. The Morgan fingerprint density at radius 3 is 2.54 bits per heavy atom. The molecule has 41 heavy (non-hydrogen) atoms. The van der Waals surface area contributed by atoms with E-state index in [2.05, 4.69) is 81.4 Å². The number of methoxy groups -OCH3 is 2. The van der Waals surface area contributed by atoms with Crippen molar-refractivity contribution in [2.45, 2.75) is 44.9 Å². The van der Waals surface area contributed by atoms with Crippen LogP contribution in [-0.2, 0) is 17.9 Å². The molecule has 3 aromatic rings. The van der Waals surface area contributed by atoms with Crippen LogP contribution in [0.25, 0.3) is 0 Å². The van der Waals surface area contributed by atoms with Gasteiger partial charge in [-0.15, -0.1) is 11.3 Å². The van der Waals surface area contributed by atoms with Gasteiger partial charge in [0.05, 0.1) is 20.3 Å². The lowest BCUT2D eigenvalue weighted by Gasteiger charge is -2.36. The molecular weight excluding hydrogens is 532 g/mol. The average Bonchev–Trinajstić information content (AvgIpc) is 3.66. The first-order valence-electron chi connectivity index (χ1n) is 14.8. The minimum Gasteiger partial charge on any atom is -0.493 e. The lowest BCUT2D eigenvalue weighted by molar-refractivity contribution is -0.113. The first-order valence-corrected chi connectivity index (χ1v) is 15.7. The number of carbonyl (C=O) groups is 1. The van der Waals surface area contributed by atoms with Gasteiger partial charge in [-0.25, -0.2) is 0 Å². The normalized spacial score (nSPS) is 18.5. The van der Waals surface area contributed by atoms with E-state index in [-0.39, 0.29) is 12.1 Å². The Hall–Kier alpha value is -2.91. The Morgan fingerprint density at radius 2 is 1.85 bits per heavy atom. The number of anilines is 1. The minimum absolute atomic E-state index is 0.0670. The summed E-state index contributed by atoms with van der Waals surface area (Å²) in [5.41, 5.74) is 4.89. The summed E-state index contributed by atoms with van der Waals surface area (Å²) in [6.07, 6.45) is 3.10. The molecule has 1 unspecified atom stereocenters. The van der Waals surface area contributed by atoms with E-state index in [0.717, 1.165) is 94.1 Å². The van der Waals surface area contributed by atoms with Crippen LogP contribution in [-0.4, -0.2) is 81.5 Å². The number of ether oxygens (including phenoxy) is 2. The van der Waals surface area contributed by atoms with Crippen molar-refractivity contribution in [1.29, 1.82) is 0 Å². The number of fused-ring (bicyclic) bond motifs is 1. The number of carbonyl (C=O) groups excluding carboxylic acids is 1. The summed E-state index contributed by atoms with van der Waals surface area (Å²) < 4.78 is 11.2. The molecule has 2 aromatic carbocycles. The zero-order chi connectivity index (χ0) is 28.8. The molecule has 0 radical (unpaired) electrons. The quantitative estimate of drug-likeness (QED) is 0.245. The lowest BCUT2D eigenvalue weighted by Crippen LogP contribution is -2.46. The van der Waals surface area contributed by atoms with Crippen molar-refractivity contribution in [3.05, 3.63) is 75.5 Å². The number of rotatable bonds is 13. The van der Waals surface area contributed by atoms with E-state index in [1.54, 1.807) is 25.6 Å². The fourth-order valence-corrected chi connectivity index (χ4v) is 7.23. The molecule has 220 valence electrons. The predicted octanol–water partition coefficient (Wildman–Crippen LogP) is 5.62. The molecule has 0 aliphatic carbocycles. The molecule has 2 aliphatic rings. The lowest BCUT2D eigenvalue weighted by atomic mass is 9.98. The van der Waals surface area contributed by atoms with Crippen LogP contribution >= 0.6 is 11.3 Å². The van der Waals surface area contributed by atoms with Gasteiger partial charge in [0, 0.05) is 55.9 Å². The summed E-state index contributed by atoms with van der Waals surface area (Å²) in [6, 6.07) is 16.9. The summed E-state index contributed by atoms with van der Waals surface area (Å²) in [4.78, 5) is 24.0. The second-order valence-electron chi connectivity index (χ2n) is 11.1. The molecule has 0 N–H and O–H groups in total. The maximum absolute atomic E-state index is 12.8. The Kier molecular flexibility index (Phi) is 9.98. The van der Waals surface area contributed by atoms with Gasteiger partial charge in [-0.05, 0) is 79.3 Å². The van der Waals surface area contributed by atoms with Crippen LogP contribution in [0.5, 0.6) is 11.5 Å². The van der Waals surface area contributed by atoms with Gasteiger partial charge >= 0.3 is 0 Å². The molecule has 7 nitrogen and oxygen atoms in total. The largest absolute Gasteiger partial charge is 0.493 e. The standard InChI is InChI=1S/C33H44N4O3S/c1-5-35-16-18-36(19-17-35)30-11-6-10-27-28(30)23-37(31(27)24-38)29(25-13-14-32(39-3)33(21-25)40-4)12-7-15-34(2)22-26-9-8-20-41-26/h6,8-11,13-14,20-21,24,29,31H,5,7,12,15-19,22-23H2,1-4H3/t29-,31?/m1/s1. The molecule has 0 spiro atoms. The monoisotopic (exact) mass is 576 g/mol. The van der Waals surface area contributed by atoms with Gasteiger partial charge in [0.15, 0.2) is 11.5 Å². The highest BCUT2D eigenvalue weighted by molar-refractivity contribution is 7.09. The van der Waals surface area contributed by atoms with Crippen molar-refractivity contribution in [2.75, 3.05) is 65.4 Å². The maximum atomic E-state index is 12.8. The molecule has 0 amide bonds. The van der Waals surface area contributed by atoms with Crippen LogP contribution in [0, 0.1) is 0 Å². The molecule has 2 aliphatic heterocycles. The first-order chi connectivity index (χ1) is 20.1. The molecule has 3 heterocycles. The second-order valence-corrected chi connectivity index (χ2v) is 12.1. The number of nitrogens with zero attached hydrogens (tertiary/aromatic N) is 4. The van der Waals surface area contributed by atoms with Crippen molar-refractivity contribution in [3.8, 4) is 11.5 Å². The van der Waals surface area contributed by atoms with Crippen LogP contribution < -0.4 is 14.4 Å². The van der Waals surface area contributed by atoms with E-state index in [1.165, 1.54) is 16.1 Å². The van der Waals surface area contributed by atoms with E-state index in [1.807, 2.05) is 6.07 Å². The highest BCUT2D eigenvalue weighted by atomic mass is 32.1. The number of benzene rings is 2. The van der Waals surface area contributed by atoms with E-state index in [9.17, 15) is 4.79 Å². The van der Waals surface area contributed by atoms with E-state index < -0.39 is 0 Å². The SMILES string of the molecule is CCN1CCN(c2cccc3c2CN([C@H](CCCN(C)Cc2cccs2)c2ccc(OC)c(OC)c2)C3C=O)CC1. The zero-order valence-electron chi connectivity index (χ0n) is 24.9. The fourth-order valence-electron chi connectivity index (χ4n) is 6.44. The van der Waals surface area contributed by atoms with Gasteiger partial charge in [0.25, 0.3) is 0 Å². The summed E-state index contributed by atoms with van der Waals surface area (Å²) in [5.74, 6) is 1.44. The number of thiophene rings is 1. The highest BCUT2D eigenvalue weighted by Gasteiger charge is 2.37. The van der Waals surface area contributed by atoms with Crippen LogP contribution in [0.1, 0.15) is 53.4 Å². The van der Waals surface area contributed by atoms with Crippen LogP contribution in [0.2, 0.25) is 0 Å². The second kappa shape index (κ2) is 13.8. The topological polar surface area (TPSA) is 48.5 Å². The zero-order valence-corrected chi connectivity index (χ0v) is 25.7. The number of likely N-dealkylation sites (N-methyl/N-ethyl adjacent to an activating group) is 1. The predicted molar refractivity (Wildman–Crippen MR) is 167 cm³/mol. The molecule has 8 heteroatoms. The van der Waals surface area contributed by atoms with Gasteiger partial charge in [-0.2, -0.15) is 0 Å². The third-order valence-corrected chi connectivity index (χ3v) is 9.57. The highest BCUT2D eigenvalue weighted by Crippen LogP contribution is 2.45. The van der Waals surface area contributed by atoms with Crippen LogP contribution in [0.3, 0.4) is 0 Å². The maximum Gasteiger partial charge on any atom is 0.161 e. The van der Waals surface area contributed by atoms with Gasteiger partial charge in [0.1, 0.15) is 6.29 Å². The van der Waals surface area contributed by atoms with E-state index in [0.29, 0.717) is 0 Å². The van der Waals surface area contributed by atoms with Crippen LogP contribution in [0.15, 0.2) is 53.9 Å². The van der Waals surface area contributed by atoms with Gasteiger partial charge in [-0.3, -0.25) is 4.90 Å². The number of hydrogen-bond acceptors (Lipinski definition) is 8. The first kappa shape index (κ1) is 29.6. The third-order valence-electron chi connectivity index (χ3n) is 8.71. The van der Waals surface area contributed by atoms with Gasteiger partial charge < -0.3 is 29.0 Å².